The third-order valence-electron chi connectivity index (χ3n) is 5.32. The van der Waals surface area contributed by atoms with Crippen LogP contribution in [0, 0.1) is 11.7 Å². The van der Waals surface area contributed by atoms with Gasteiger partial charge in [0.25, 0.3) is 0 Å². The van der Waals surface area contributed by atoms with Crippen LogP contribution in [0.25, 0.3) is 0 Å². The Labute approximate surface area is 152 Å². The molecule has 1 saturated heterocycles. The van der Waals surface area contributed by atoms with Gasteiger partial charge in [0.1, 0.15) is 5.82 Å². The van der Waals surface area contributed by atoms with Crippen molar-refractivity contribution in [3.8, 4) is 0 Å². The van der Waals surface area contributed by atoms with E-state index < -0.39 is 11.7 Å². The van der Waals surface area contributed by atoms with Crippen LogP contribution in [-0.2, 0) is 16.0 Å². The van der Waals surface area contributed by atoms with Gasteiger partial charge in [0.05, 0.1) is 17.6 Å². The zero-order valence-electron chi connectivity index (χ0n) is 14.5. The maximum absolute atomic E-state index is 14.0. The highest BCUT2D eigenvalue weighted by molar-refractivity contribution is 6.00. The van der Waals surface area contributed by atoms with Crippen molar-refractivity contribution in [2.75, 3.05) is 11.4 Å². The van der Waals surface area contributed by atoms with E-state index in [0.717, 1.165) is 19.3 Å². The number of nitrogens with zero attached hydrogens (tertiary/aromatic N) is 1. The Bertz CT molecular complexity index is 851. The van der Waals surface area contributed by atoms with Crippen molar-refractivity contribution < 1.29 is 14.0 Å². The summed E-state index contributed by atoms with van der Waals surface area (Å²) in [5, 5.41) is 3.11. The summed E-state index contributed by atoms with van der Waals surface area (Å²) in [6.07, 6.45) is 3.09. The van der Waals surface area contributed by atoms with Gasteiger partial charge in [-0.1, -0.05) is 36.4 Å². The molecule has 26 heavy (non-hydrogen) atoms. The second-order valence-electron chi connectivity index (χ2n) is 7.01. The fourth-order valence-electron chi connectivity index (χ4n) is 3.98. The number of amides is 2. The van der Waals surface area contributed by atoms with Gasteiger partial charge in [-0.05, 0) is 42.5 Å². The van der Waals surface area contributed by atoms with Crippen LogP contribution in [-0.4, -0.2) is 18.4 Å². The molecule has 0 aromatic heterocycles. The summed E-state index contributed by atoms with van der Waals surface area (Å²) in [5.41, 5.74) is 2.69. The number of halogens is 1. The van der Waals surface area contributed by atoms with Gasteiger partial charge in [0.2, 0.25) is 11.8 Å². The van der Waals surface area contributed by atoms with E-state index in [1.807, 2.05) is 12.1 Å². The molecule has 2 amide bonds. The van der Waals surface area contributed by atoms with Crippen molar-refractivity contribution in [2.45, 2.75) is 31.7 Å². The van der Waals surface area contributed by atoms with E-state index >= 15 is 0 Å². The lowest BCUT2D eigenvalue weighted by molar-refractivity contribution is -0.127. The number of para-hydroxylation sites is 1. The highest BCUT2D eigenvalue weighted by Gasteiger charge is 2.37. The molecule has 0 saturated carbocycles. The summed E-state index contributed by atoms with van der Waals surface area (Å²) < 4.78 is 14.0. The third kappa shape index (κ3) is 3.09. The van der Waals surface area contributed by atoms with Crippen LogP contribution in [0.5, 0.6) is 0 Å². The van der Waals surface area contributed by atoms with Crippen LogP contribution in [0.15, 0.2) is 48.5 Å². The quantitative estimate of drug-likeness (QED) is 0.921. The summed E-state index contributed by atoms with van der Waals surface area (Å²) in [6.45, 7) is 0.222. The molecule has 0 radical (unpaired) electrons. The first kappa shape index (κ1) is 16.8. The van der Waals surface area contributed by atoms with E-state index in [4.69, 9.17) is 0 Å². The van der Waals surface area contributed by atoms with E-state index in [1.165, 1.54) is 22.1 Å². The summed E-state index contributed by atoms with van der Waals surface area (Å²) in [7, 11) is 0. The lowest BCUT2D eigenvalue weighted by atomic mass is 9.87. The molecular weight excluding hydrogens is 331 g/mol. The molecule has 1 aliphatic carbocycles. The number of benzene rings is 2. The number of nitrogens with one attached hydrogen (secondary N) is 1. The van der Waals surface area contributed by atoms with Gasteiger partial charge < -0.3 is 10.2 Å². The lowest BCUT2D eigenvalue weighted by Gasteiger charge is -2.27. The predicted octanol–water partition coefficient (Wildman–Crippen LogP) is 3.37. The molecular formula is C21H21FN2O2. The maximum atomic E-state index is 14.0. The average molecular weight is 352 g/mol. The fraction of sp³-hybridized carbons (Fsp3) is 0.333. The van der Waals surface area contributed by atoms with Crippen LogP contribution in [0.4, 0.5) is 10.1 Å². The normalized spacial score (nSPS) is 22.2. The first-order chi connectivity index (χ1) is 12.6. The molecule has 1 fully saturated rings. The van der Waals surface area contributed by atoms with Crippen LogP contribution < -0.4 is 10.2 Å². The average Bonchev–Trinajstić information content (AvgIpc) is 3.04. The Hall–Kier alpha value is -2.69. The predicted molar refractivity (Wildman–Crippen MR) is 97.1 cm³/mol. The minimum absolute atomic E-state index is 0.00920. The number of aryl methyl sites for hydroxylation is 1. The smallest absolute Gasteiger partial charge is 0.227 e. The van der Waals surface area contributed by atoms with Gasteiger partial charge in [-0.2, -0.15) is 0 Å². The monoisotopic (exact) mass is 352 g/mol. The van der Waals surface area contributed by atoms with Crippen LogP contribution in [0.1, 0.15) is 36.4 Å². The Morgan fingerprint density at radius 2 is 1.88 bits per heavy atom. The number of fused-ring (bicyclic) bond motifs is 1. The topological polar surface area (TPSA) is 49.4 Å². The van der Waals surface area contributed by atoms with Crippen molar-refractivity contribution in [3.05, 3.63) is 65.5 Å². The molecule has 0 unspecified atom stereocenters. The number of rotatable bonds is 3. The Morgan fingerprint density at radius 1 is 1.12 bits per heavy atom. The van der Waals surface area contributed by atoms with Crippen molar-refractivity contribution in [2.24, 2.45) is 5.92 Å². The van der Waals surface area contributed by atoms with Gasteiger partial charge in [0, 0.05) is 13.0 Å². The molecule has 2 aromatic carbocycles. The first-order valence-electron chi connectivity index (χ1n) is 9.06. The Morgan fingerprint density at radius 3 is 2.73 bits per heavy atom. The van der Waals surface area contributed by atoms with Crippen LogP contribution in [0.2, 0.25) is 0 Å². The summed E-state index contributed by atoms with van der Waals surface area (Å²) in [4.78, 5) is 26.4. The molecule has 2 atom stereocenters. The van der Waals surface area contributed by atoms with Crippen molar-refractivity contribution in [3.63, 3.8) is 0 Å². The largest absolute Gasteiger partial charge is 0.349 e. The molecule has 1 aliphatic heterocycles. The van der Waals surface area contributed by atoms with E-state index in [2.05, 4.69) is 17.4 Å². The van der Waals surface area contributed by atoms with Gasteiger partial charge in [-0.15, -0.1) is 0 Å². The third-order valence-corrected chi connectivity index (χ3v) is 5.32. The molecule has 4 rings (SSSR count). The van der Waals surface area contributed by atoms with Gasteiger partial charge >= 0.3 is 0 Å². The minimum atomic E-state index is -0.448. The SMILES string of the molecule is O=C(N[C@H]1CCCc2ccccc21)[C@H]1CC(=O)N(c2ccccc2F)C1. The molecule has 4 nitrogen and oxygen atoms in total. The van der Waals surface area contributed by atoms with Crippen molar-refractivity contribution >= 4 is 17.5 Å². The zero-order chi connectivity index (χ0) is 18.1. The number of carbonyl (C=O) groups is 2. The van der Waals surface area contributed by atoms with E-state index in [9.17, 15) is 14.0 Å². The van der Waals surface area contributed by atoms with Gasteiger partial charge in [-0.3, -0.25) is 9.59 Å². The summed E-state index contributed by atoms with van der Waals surface area (Å²) >= 11 is 0. The molecule has 0 spiro atoms. The second-order valence-corrected chi connectivity index (χ2v) is 7.01. The molecule has 1 heterocycles. The fourth-order valence-corrected chi connectivity index (χ4v) is 3.98. The molecule has 134 valence electrons. The number of hydrogen-bond acceptors (Lipinski definition) is 2. The van der Waals surface area contributed by atoms with Gasteiger partial charge in [0.15, 0.2) is 0 Å². The number of anilines is 1. The van der Waals surface area contributed by atoms with E-state index in [-0.39, 0.29) is 36.5 Å². The molecule has 0 bridgehead atoms. The minimum Gasteiger partial charge on any atom is -0.349 e. The molecule has 2 aromatic rings. The standard InChI is InChI=1S/C21H21FN2O2/c22-17-9-3-4-11-19(17)24-13-15(12-20(24)25)21(26)23-18-10-5-7-14-6-1-2-8-16(14)18/h1-4,6,8-9,11,15,18H,5,7,10,12-13H2,(H,23,26)/t15-,18-/m0/s1. The Balaban J connectivity index is 1.47. The van der Waals surface area contributed by atoms with Crippen LogP contribution in [0.3, 0.4) is 0 Å². The zero-order valence-corrected chi connectivity index (χ0v) is 14.5. The molecule has 2 aliphatic rings. The van der Waals surface area contributed by atoms with Crippen LogP contribution >= 0.6 is 0 Å². The summed E-state index contributed by atoms with van der Waals surface area (Å²) in [5.74, 6) is -1.22. The number of hydrogen-bond donors (Lipinski definition) is 1. The first-order valence-corrected chi connectivity index (χ1v) is 9.06. The van der Waals surface area contributed by atoms with Crippen molar-refractivity contribution in [1.82, 2.24) is 5.32 Å². The van der Waals surface area contributed by atoms with Crippen molar-refractivity contribution in [1.29, 1.82) is 0 Å². The lowest BCUT2D eigenvalue weighted by Crippen LogP contribution is -2.37. The maximum Gasteiger partial charge on any atom is 0.227 e. The number of carbonyl (C=O) groups excluding carboxylic acids is 2. The highest BCUT2D eigenvalue weighted by atomic mass is 19.1. The van der Waals surface area contributed by atoms with E-state index in [1.54, 1.807) is 18.2 Å². The van der Waals surface area contributed by atoms with E-state index in [0.29, 0.717) is 0 Å². The van der Waals surface area contributed by atoms with Gasteiger partial charge in [-0.25, -0.2) is 4.39 Å². The highest BCUT2D eigenvalue weighted by Crippen LogP contribution is 2.31. The Kier molecular flexibility index (Phi) is 4.45. The summed E-state index contributed by atoms with van der Waals surface area (Å²) in [6, 6.07) is 14.3. The molecule has 1 N–H and O–H groups in total. The second kappa shape index (κ2) is 6.90. The molecule has 5 heteroatoms.